The number of phenols is 1. The number of hydrogen-bond donors (Lipinski definition) is 3. The van der Waals surface area contributed by atoms with E-state index in [1.165, 1.54) is 42.6 Å². The van der Waals surface area contributed by atoms with Gasteiger partial charge in [0.25, 0.3) is 0 Å². The summed E-state index contributed by atoms with van der Waals surface area (Å²) in [5.41, 5.74) is 6.29. The molecule has 1 saturated carbocycles. The molecule has 3 aromatic heterocycles. The van der Waals surface area contributed by atoms with Gasteiger partial charge in [-0.3, -0.25) is 4.99 Å². The molecule has 5 nitrogen and oxygen atoms in total. The lowest BCUT2D eigenvalue weighted by molar-refractivity contribution is 0.0652. The number of benzene rings is 1. The predicted octanol–water partition coefficient (Wildman–Crippen LogP) is 6.21. The number of aromatic hydroxyl groups is 1. The molecule has 40 heavy (non-hydrogen) atoms. The fourth-order valence-corrected chi connectivity index (χ4v) is 11.0. The minimum atomic E-state index is -0.277. The number of phenolic OH excluding ortho intramolecular Hbond substituents is 1. The molecule has 4 aromatic rings. The monoisotopic (exact) mass is 587 g/mol. The van der Waals surface area contributed by atoms with E-state index in [2.05, 4.69) is 57.1 Å². The van der Waals surface area contributed by atoms with Crippen molar-refractivity contribution in [2.75, 3.05) is 26.7 Å². The van der Waals surface area contributed by atoms with Crippen LogP contribution in [0.25, 0.3) is 0 Å². The maximum Gasteiger partial charge on any atom is 0.160 e. The van der Waals surface area contributed by atoms with Crippen LogP contribution in [0.1, 0.15) is 55.6 Å². The molecule has 1 aromatic carbocycles. The van der Waals surface area contributed by atoms with Gasteiger partial charge in [0.05, 0.1) is 12.6 Å². The van der Waals surface area contributed by atoms with E-state index in [1.54, 1.807) is 7.11 Å². The van der Waals surface area contributed by atoms with Gasteiger partial charge in [0.2, 0.25) is 0 Å². The van der Waals surface area contributed by atoms with E-state index in [0.717, 1.165) is 51.7 Å². The summed E-state index contributed by atoms with van der Waals surface area (Å²) in [5.74, 6) is 1.02. The second-order valence-corrected chi connectivity index (χ2v) is 14.6. The van der Waals surface area contributed by atoms with Crippen LogP contribution >= 0.6 is 34.0 Å². The van der Waals surface area contributed by atoms with Gasteiger partial charge in [-0.05, 0) is 94.8 Å². The third-order valence-electron chi connectivity index (χ3n) is 9.75. The van der Waals surface area contributed by atoms with Gasteiger partial charge in [0.15, 0.2) is 11.5 Å². The number of rotatable bonds is 3. The first-order valence-corrected chi connectivity index (χ1v) is 16.9. The SMILES string of the molecule is COc1cc(C2CC3(CC4(NCCc5sccc54)C2C2=NCCc4sccc42)NCCc2sccc23)ccc1O. The van der Waals surface area contributed by atoms with Gasteiger partial charge in [-0.1, -0.05) is 6.07 Å². The molecule has 4 aliphatic rings. The molecule has 0 bridgehead atoms. The molecule has 8 heteroatoms. The van der Waals surface area contributed by atoms with Gasteiger partial charge in [0, 0.05) is 63.4 Å². The van der Waals surface area contributed by atoms with Crippen LogP contribution < -0.4 is 15.4 Å². The summed E-state index contributed by atoms with van der Waals surface area (Å²) in [6.45, 7) is 2.80. The van der Waals surface area contributed by atoms with Crippen molar-refractivity contribution in [1.82, 2.24) is 10.6 Å². The van der Waals surface area contributed by atoms with E-state index < -0.39 is 0 Å². The predicted molar refractivity (Wildman–Crippen MR) is 165 cm³/mol. The van der Waals surface area contributed by atoms with Gasteiger partial charge in [0.1, 0.15) is 0 Å². The molecular formula is C32H33N3O2S3. The first kappa shape index (κ1) is 25.2. The highest BCUT2D eigenvalue weighted by Crippen LogP contribution is 2.60. The normalized spacial score (nSPS) is 29.1. The first-order chi connectivity index (χ1) is 19.6. The molecule has 206 valence electrons. The van der Waals surface area contributed by atoms with E-state index in [1.807, 2.05) is 40.1 Å². The minimum Gasteiger partial charge on any atom is -0.504 e. The van der Waals surface area contributed by atoms with E-state index in [0.29, 0.717) is 5.75 Å². The van der Waals surface area contributed by atoms with Gasteiger partial charge < -0.3 is 20.5 Å². The Hall–Kier alpha value is -2.49. The topological polar surface area (TPSA) is 65.9 Å². The van der Waals surface area contributed by atoms with Crippen molar-refractivity contribution in [2.24, 2.45) is 10.9 Å². The second kappa shape index (κ2) is 9.53. The number of nitrogens with zero attached hydrogens (tertiary/aromatic N) is 1. The fourth-order valence-electron chi connectivity index (χ4n) is 8.22. The van der Waals surface area contributed by atoms with Crippen LogP contribution in [-0.2, 0) is 30.3 Å². The van der Waals surface area contributed by atoms with Crippen LogP contribution in [0.2, 0.25) is 0 Å². The van der Waals surface area contributed by atoms with Crippen LogP contribution in [0, 0.1) is 5.92 Å². The fraction of sp³-hybridized carbons (Fsp3) is 0.406. The number of hydrogen-bond acceptors (Lipinski definition) is 8. The molecule has 3 N–H and O–H groups in total. The van der Waals surface area contributed by atoms with Crippen LogP contribution in [0.4, 0.5) is 0 Å². The van der Waals surface area contributed by atoms with E-state index in [-0.39, 0.29) is 28.7 Å². The molecule has 1 fully saturated rings. The maximum absolute atomic E-state index is 10.6. The lowest BCUT2D eigenvalue weighted by Gasteiger charge is -2.59. The van der Waals surface area contributed by atoms with Crippen LogP contribution in [0.5, 0.6) is 11.5 Å². The number of ether oxygens (including phenoxy) is 1. The number of methoxy groups -OCH3 is 1. The van der Waals surface area contributed by atoms with Crippen molar-refractivity contribution in [2.45, 2.75) is 49.1 Å². The van der Waals surface area contributed by atoms with Crippen molar-refractivity contribution in [3.63, 3.8) is 0 Å². The summed E-state index contributed by atoms with van der Waals surface area (Å²) in [7, 11) is 1.64. The zero-order valence-electron chi connectivity index (χ0n) is 22.5. The van der Waals surface area contributed by atoms with Crippen molar-refractivity contribution in [3.8, 4) is 11.5 Å². The van der Waals surface area contributed by atoms with Crippen LogP contribution in [0.15, 0.2) is 57.5 Å². The van der Waals surface area contributed by atoms with Crippen molar-refractivity contribution in [3.05, 3.63) is 89.4 Å². The molecular weight excluding hydrogens is 555 g/mol. The Morgan fingerprint density at radius 1 is 0.900 bits per heavy atom. The molecule has 0 saturated heterocycles. The van der Waals surface area contributed by atoms with Gasteiger partial charge in [-0.15, -0.1) is 34.0 Å². The number of nitrogens with one attached hydrogen (secondary N) is 2. The minimum absolute atomic E-state index is 0.139. The lowest BCUT2D eigenvalue weighted by Crippen LogP contribution is -2.66. The molecule has 4 atom stereocenters. The van der Waals surface area contributed by atoms with Gasteiger partial charge >= 0.3 is 0 Å². The average molecular weight is 588 g/mol. The Kier molecular flexibility index (Phi) is 6.01. The van der Waals surface area contributed by atoms with Gasteiger partial charge in [-0.25, -0.2) is 0 Å². The van der Waals surface area contributed by atoms with Gasteiger partial charge in [-0.2, -0.15) is 0 Å². The second-order valence-electron chi connectivity index (χ2n) is 11.6. The highest BCUT2D eigenvalue weighted by molar-refractivity contribution is 7.10. The smallest absolute Gasteiger partial charge is 0.160 e. The Labute approximate surface area is 247 Å². The molecule has 6 heterocycles. The summed E-state index contributed by atoms with van der Waals surface area (Å²) in [5, 5.41) is 25.7. The Bertz CT molecular complexity index is 1620. The third kappa shape index (κ3) is 3.66. The molecule has 0 radical (unpaired) electrons. The van der Waals surface area contributed by atoms with Crippen LogP contribution in [-0.4, -0.2) is 37.6 Å². The zero-order chi connectivity index (χ0) is 26.9. The van der Waals surface area contributed by atoms with Crippen molar-refractivity contribution >= 4 is 39.7 Å². The molecule has 0 amide bonds. The Balaban J connectivity index is 1.41. The first-order valence-electron chi connectivity index (χ1n) is 14.2. The largest absolute Gasteiger partial charge is 0.504 e. The van der Waals surface area contributed by atoms with E-state index >= 15 is 0 Å². The van der Waals surface area contributed by atoms with E-state index in [4.69, 9.17) is 9.73 Å². The lowest BCUT2D eigenvalue weighted by atomic mass is 9.52. The summed E-state index contributed by atoms with van der Waals surface area (Å²) in [6.07, 6.45) is 5.14. The van der Waals surface area contributed by atoms with Crippen molar-refractivity contribution in [1.29, 1.82) is 0 Å². The molecule has 1 aliphatic carbocycles. The zero-order valence-corrected chi connectivity index (χ0v) is 25.0. The number of fused-ring (bicyclic) bond motifs is 5. The summed E-state index contributed by atoms with van der Waals surface area (Å²) >= 11 is 5.69. The van der Waals surface area contributed by atoms with E-state index in [9.17, 15) is 5.11 Å². The van der Waals surface area contributed by atoms with Crippen molar-refractivity contribution < 1.29 is 9.84 Å². The maximum atomic E-state index is 10.6. The summed E-state index contributed by atoms with van der Waals surface area (Å²) < 4.78 is 5.66. The molecule has 3 aliphatic heterocycles. The summed E-state index contributed by atoms with van der Waals surface area (Å²) in [4.78, 5) is 9.85. The molecule has 8 rings (SSSR count). The molecule has 2 spiro atoms. The quantitative estimate of drug-likeness (QED) is 0.267. The Morgan fingerprint density at radius 2 is 1.65 bits per heavy atom. The summed E-state index contributed by atoms with van der Waals surface area (Å²) in [6, 6.07) is 13.1. The third-order valence-corrected chi connectivity index (χ3v) is 12.7. The number of aliphatic imine (C=N–C) groups is 1. The highest BCUT2D eigenvalue weighted by Gasteiger charge is 2.60. The average Bonchev–Trinajstić information content (AvgIpc) is 3.75. The number of thiophene rings is 3. The standard InChI is InChI=1S/C32H33N3O2S3/c1-37-25-16-19(2-3-24(25)36)21-17-31(22-8-14-39-27(22)5-11-34-31)18-32(23-9-15-40-28(23)6-12-35-32)29(21)30-20-7-13-38-26(20)4-10-33-30/h2-3,7-9,13-16,21,29,34-36H,4-6,10-12,17-18H2,1H3. The molecule has 4 unspecified atom stereocenters. The Morgan fingerprint density at radius 3 is 2.50 bits per heavy atom. The highest BCUT2D eigenvalue weighted by atomic mass is 32.1. The van der Waals surface area contributed by atoms with Crippen LogP contribution in [0.3, 0.4) is 0 Å².